The number of anilines is 1. The second kappa shape index (κ2) is 9.21. The first-order valence-corrected chi connectivity index (χ1v) is 9.56. The van der Waals surface area contributed by atoms with Crippen molar-refractivity contribution in [3.05, 3.63) is 47.8 Å². The number of aromatic amines is 1. The van der Waals surface area contributed by atoms with Gasteiger partial charge in [0.15, 0.2) is 5.96 Å². The molecule has 1 atom stereocenters. The number of guanidine groups is 1. The number of aryl methyl sites for hydroxylation is 2. The summed E-state index contributed by atoms with van der Waals surface area (Å²) in [6.45, 7) is 6.25. The lowest BCUT2D eigenvalue weighted by atomic mass is 10.1. The highest BCUT2D eigenvalue weighted by Gasteiger charge is 2.30. The average Bonchev–Trinajstić information content (AvgIpc) is 3.25. The Kier molecular flexibility index (Phi) is 6.46. The van der Waals surface area contributed by atoms with E-state index in [1.54, 1.807) is 0 Å². The molecule has 2 heterocycles. The molecule has 27 heavy (non-hydrogen) atoms. The summed E-state index contributed by atoms with van der Waals surface area (Å²) >= 11 is 0. The Morgan fingerprint density at radius 3 is 2.89 bits per heavy atom. The lowest BCUT2D eigenvalue weighted by Crippen LogP contribution is -2.44. The van der Waals surface area contributed by atoms with Crippen LogP contribution in [0.5, 0.6) is 0 Å². The molecule has 3 N–H and O–H groups in total. The van der Waals surface area contributed by atoms with E-state index in [2.05, 4.69) is 25.8 Å². The van der Waals surface area contributed by atoms with Crippen molar-refractivity contribution in [3.8, 4) is 0 Å². The van der Waals surface area contributed by atoms with E-state index >= 15 is 0 Å². The Morgan fingerprint density at radius 1 is 1.37 bits per heavy atom. The summed E-state index contributed by atoms with van der Waals surface area (Å²) in [5.74, 6) is 0.916. The minimum atomic E-state index is 0.0617. The SMILES string of the molecule is CCNC(=NCCCc1cn[nH]c1C)NC1CC(=O)N(c2ccccc2)C1. The number of rotatable bonds is 7. The maximum atomic E-state index is 12.4. The summed E-state index contributed by atoms with van der Waals surface area (Å²) in [6, 6.07) is 9.87. The smallest absolute Gasteiger partial charge is 0.229 e. The maximum Gasteiger partial charge on any atom is 0.229 e. The maximum absolute atomic E-state index is 12.4. The van der Waals surface area contributed by atoms with Gasteiger partial charge in [0.05, 0.1) is 12.2 Å². The fourth-order valence-electron chi connectivity index (χ4n) is 3.26. The molecule has 1 aromatic heterocycles. The normalized spacial score (nSPS) is 17.4. The molecule has 1 aliphatic heterocycles. The summed E-state index contributed by atoms with van der Waals surface area (Å²) in [4.78, 5) is 18.9. The summed E-state index contributed by atoms with van der Waals surface area (Å²) in [5, 5.41) is 13.7. The molecule has 2 aromatic rings. The molecule has 0 saturated carbocycles. The molecule has 0 bridgehead atoms. The standard InChI is InChI=1S/C20H28N6O/c1-3-21-20(22-11-7-8-16-13-23-25-15(16)2)24-17-12-19(27)26(14-17)18-9-5-4-6-10-18/h4-6,9-10,13,17H,3,7-8,11-12,14H2,1-2H3,(H,23,25)(H2,21,22,24). The summed E-state index contributed by atoms with van der Waals surface area (Å²) in [6.07, 6.45) is 4.27. The number of nitrogens with zero attached hydrogens (tertiary/aromatic N) is 3. The van der Waals surface area contributed by atoms with Crippen molar-refractivity contribution >= 4 is 17.6 Å². The largest absolute Gasteiger partial charge is 0.357 e. The number of carbonyl (C=O) groups excluding carboxylic acids is 1. The lowest BCUT2D eigenvalue weighted by Gasteiger charge is -2.19. The van der Waals surface area contributed by atoms with Gasteiger partial charge in [-0.1, -0.05) is 18.2 Å². The van der Waals surface area contributed by atoms with Gasteiger partial charge in [-0.05, 0) is 44.4 Å². The van der Waals surface area contributed by atoms with Gasteiger partial charge in [-0.15, -0.1) is 0 Å². The molecule has 1 aromatic carbocycles. The molecule has 1 amide bonds. The van der Waals surface area contributed by atoms with E-state index in [1.165, 1.54) is 5.56 Å². The van der Waals surface area contributed by atoms with Gasteiger partial charge < -0.3 is 15.5 Å². The number of benzene rings is 1. The van der Waals surface area contributed by atoms with Crippen LogP contribution >= 0.6 is 0 Å². The van der Waals surface area contributed by atoms with Crippen molar-refractivity contribution in [2.75, 3.05) is 24.5 Å². The van der Waals surface area contributed by atoms with E-state index in [0.717, 1.165) is 43.3 Å². The van der Waals surface area contributed by atoms with Crippen LogP contribution in [0.2, 0.25) is 0 Å². The quantitative estimate of drug-likeness (QED) is 0.396. The molecule has 0 spiro atoms. The zero-order valence-corrected chi connectivity index (χ0v) is 16.0. The summed E-state index contributed by atoms with van der Waals surface area (Å²) in [7, 11) is 0. The number of H-pyrrole nitrogens is 1. The van der Waals surface area contributed by atoms with Crippen LogP contribution in [0.3, 0.4) is 0 Å². The van der Waals surface area contributed by atoms with Crippen molar-refractivity contribution in [1.29, 1.82) is 0 Å². The van der Waals surface area contributed by atoms with Gasteiger partial charge in [0, 0.05) is 37.4 Å². The van der Waals surface area contributed by atoms with Crippen LogP contribution < -0.4 is 15.5 Å². The van der Waals surface area contributed by atoms with Crippen LogP contribution in [-0.2, 0) is 11.2 Å². The minimum Gasteiger partial charge on any atom is -0.357 e. The van der Waals surface area contributed by atoms with Crippen molar-refractivity contribution in [2.45, 2.75) is 39.2 Å². The zero-order chi connectivity index (χ0) is 19.1. The molecule has 7 nitrogen and oxygen atoms in total. The number of para-hydroxylation sites is 1. The molecule has 1 unspecified atom stereocenters. The highest BCUT2D eigenvalue weighted by Crippen LogP contribution is 2.20. The monoisotopic (exact) mass is 368 g/mol. The van der Waals surface area contributed by atoms with Crippen molar-refractivity contribution in [1.82, 2.24) is 20.8 Å². The third-order valence-corrected chi connectivity index (χ3v) is 4.69. The van der Waals surface area contributed by atoms with E-state index in [4.69, 9.17) is 0 Å². The third kappa shape index (κ3) is 5.09. The van der Waals surface area contributed by atoms with Gasteiger partial charge in [-0.25, -0.2) is 0 Å². The first-order chi connectivity index (χ1) is 13.2. The highest BCUT2D eigenvalue weighted by molar-refractivity contribution is 5.97. The number of hydrogen-bond acceptors (Lipinski definition) is 3. The molecule has 1 aliphatic rings. The third-order valence-electron chi connectivity index (χ3n) is 4.69. The van der Waals surface area contributed by atoms with Gasteiger partial charge in [-0.2, -0.15) is 5.10 Å². The van der Waals surface area contributed by atoms with E-state index in [-0.39, 0.29) is 11.9 Å². The van der Waals surface area contributed by atoms with Crippen molar-refractivity contribution in [2.24, 2.45) is 4.99 Å². The first-order valence-electron chi connectivity index (χ1n) is 9.56. The molecule has 7 heteroatoms. The second-order valence-electron chi connectivity index (χ2n) is 6.77. The molecular weight excluding hydrogens is 340 g/mol. The number of nitrogens with one attached hydrogen (secondary N) is 3. The molecule has 0 aliphatic carbocycles. The second-order valence-corrected chi connectivity index (χ2v) is 6.77. The molecule has 1 fully saturated rings. The lowest BCUT2D eigenvalue weighted by molar-refractivity contribution is -0.117. The fraction of sp³-hybridized carbons (Fsp3) is 0.450. The highest BCUT2D eigenvalue weighted by atomic mass is 16.2. The van der Waals surface area contributed by atoms with Crippen LogP contribution in [-0.4, -0.2) is 47.7 Å². The van der Waals surface area contributed by atoms with Crippen molar-refractivity contribution in [3.63, 3.8) is 0 Å². The zero-order valence-electron chi connectivity index (χ0n) is 16.0. The Morgan fingerprint density at radius 2 is 2.19 bits per heavy atom. The Hall–Kier alpha value is -2.83. The van der Waals surface area contributed by atoms with Crippen molar-refractivity contribution < 1.29 is 4.79 Å². The molecule has 3 rings (SSSR count). The Bertz CT molecular complexity index is 770. The van der Waals surface area contributed by atoms with Gasteiger partial charge in [0.25, 0.3) is 0 Å². The van der Waals surface area contributed by atoms with Crippen LogP contribution in [0.1, 0.15) is 31.0 Å². The van der Waals surface area contributed by atoms with E-state index in [9.17, 15) is 4.79 Å². The van der Waals surface area contributed by atoms with Gasteiger partial charge in [-0.3, -0.25) is 14.9 Å². The van der Waals surface area contributed by atoms with E-state index in [1.807, 2.05) is 55.3 Å². The first kappa shape index (κ1) is 18.9. The summed E-state index contributed by atoms with van der Waals surface area (Å²) < 4.78 is 0. The van der Waals surface area contributed by atoms with E-state index in [0.29, 0.717) is 13.0 Å². The van der Waals surface area contributed by atoms with Crippen LogP contribution in [0.4, 0.5) is 5.69 Å². The van der Waals surface area contributed by atoms with E-state index < -0.39 is 0 Å². The molecule has 144 valence electrons. The van der Waals surface area contributed by atoms with Crippen LogP contribution in [0, 0.1) is 6.92 Å². The van der Waals surface area contributed by atoms with Gasteiger partial charge in [0.1, 0.15) is 0 Å². The predicted molar refractivity (Wildman–Crippen MR) is 108 cm³/mol. The minimum absolute atomic E-state index is 0.0617. The number of aliphatic imine (C=N–C) groups is 1. The number of hydrogen-bond donors (Lipinski definition) is 3. The number of amides is 1. The molecular formula is C20H28N6O. The Balaban J connectivity index is 1.53. The fourth-order valence-corrected chi connectivity index (χ4v) is 3.26. The predicted octanol–water partition coefficient (Wildman–Crippen LogP) is 2.01. The van der Waals surface area contributed by atoms with Gasteiger partial charge >= 0.3 is 0 Å². The molecule has 0 radical (unpaired) electrons. The average molecular weight is 368 g/mol. The topological polar surface area (TPSA) is 85.4 Å². The number of aromatic nitrogens is 2. The van der Waals surface area contributed by atoms with Gasteiger partial charge in [0.2, 0.25) is 5.91 Å². The Labute approximate surface area is 160 Å². The molecule has 1 saturated heterocycles. The van der Waals surface area contributed by atoms with Crippen LogP contribution in [0.15, 0.2) is 41.5 Å². The summed E-state index contributed by atoms with van der Waals surface area (Å²) in [5.41, 5.74) is 3.31. The van der Waals surface area contributed by atoms with Crippen LogP contribution in [0.25, 0.3) is 0 Å². The number of carbonyl (C=O) groups is 1.